The third kappa shape index (κ3) is 10.1. The molecule has 1 aromatic carbocycles. The molecule has 19 heavy (non-hydrogen) atoms. The zero-order valence-electron chi connectivity index (χ0n) is 13.0. The van der Waals surface area contributed by atoms with Crippen molar-refractivity contribution >= 4 is 0 Å². The van der Waals surface area contributed by atoms with Crippen LogP contribution >= 0.6 is 0 Å². The molecule has 0 N–H and O–H groups in total. The summed E-state index contributed by atoms with van der Waals surface area (Å²) in [4.78, 5) is 0. The van der Waals surface area contributed by atoms with Crippen LogP contribution in [0.2, 0.25) is 0 Å². The summed E-state index contributed by atoms with van der Waals surface area (Å²) in [6.07, 6.45) is 9.33. The van der Waals surface area contributed by atoms with Gasteiger partial charge >= 0.3 is 18.9 Å². The van der Waals surface area contributed by atoms with E-state index in [4.69, 9.17) is 4.74 Å². The third-order valence-corrected chi connectivity index (χ3v) is 3.35. The molecule has 102 valence electrons. The molecule has 1 atom stereocenters. The predicted octanol–water partition coefficient (Wildman–Crippen LogP) is 2.26. The molecule has 0 aliphatic carbocycles. The van der Waals surface area contributed by atoms with E-state index in [1.165, 1.54) is 38.5 Å². The number of unbranched alkanes of at least 4 members (excludes halogenated alkanes) is 3. The summed E-state index contributed by atoms with van der Waals surface area (Å²) >= 11 is 0. The Kier molecular flexibility index (Phi) is 12.4. The fraction of sp³-hybridized carbons (Fsp3) is 0.647. The Morgan fingerprint density at radius 2 is 1.74 bits per heavy atom. The van der Waals surface area contributed by atoms with Crippen LogP contribution in [-0.4, -0.2) is 6.61 Å². The van der Waals surface area contributed by atoms with Crippen molar-refractivity contribution in [2.24, 2.45) is 5.92 Å². The van der Waals surface area contributed by atoms with E-state index in [0.717, 1.165) is 24.7 Å². The molecule has 0 amide bonds. The largest absolute Gasteiger partial charge is 1.00 e. The van der Waals surface area contributed by atoms with Crippen molar-refractivity contribution in [2.75, 3.05) is 6.61 Å². The van der Waals surface area contributed by atoms with Gasteiger partial charge in [-0.2, -0.15) is 18.2 Å². The SMILES string of the molecule is CCCCCCC(C)CCCOc1cc[c-]cc1.[Li+]. The van der Waals surface area contributed by atoms with E-state index in [9.17, 15) is 0 Å². The molecule has 0 heterocycles. The standard InChI is InChI=1S/C17H27O.Li/c1-3-4-5-7-11-16(2)12-10-15-18-17-13-8-6-9-14-17;/h8-9,13-14,16H,3-5,7,10-12,15H2,1-2H3;/q-1;+1. The zero-order chi connectivity index (χ0) is 13.1. The first-order valence-electron chi connectivity index (χ1n) is 7.42. The van der Waals surface area contributed by atoms with Crippen molar-refractivity contribution < 1.29 is 23.6 Å². The van der Waals surface area contributed by atoms with E-state index in [2.05, 4.69) is 19.9 Å². The molecule has 0 radical (unpaired) electrons. The minimum absolute atomic E-state index is 0. The van der Waals surface area contributed by atoms with Crippen molar-refractivity contribution in [1.29, 1.82) is 0 Å². The van der Waals surface area contributed by atoms with Gasteiger partial charge in [0.15, 0.2) is 0 Å². The zero-order valence-corrected chi connectivity index (χ0v) is 13.0. The molecule has 0 saturated heterocycles. The molecule has 1 aromatic rings. The molecule has 1 nitrogen and oxygen atoms in total. The van der Waals surface area contributed by atoms with E-state index in [1.54, 1.807) is 0 Å². The van der Waals surface area contributed by atoms with Crippen LogP contribution in [0.15, 0.2) is 24.3 Å². The maximum Gasteiger partial charge on any atom is 1.00 e. The molecule has 1 unspecified atom stereocenters. The first-order valence-corrected chi connectivity index (χ1v) is 7.42. The molecule has 0 saturated carbocycles. The van der Waals surface area contributed by atoms with E-state index < -0.39 is 0 Å². The van der Waals surface area contributed by atoms with Crippen LogP contribution in [0.1, 0.15) is 58.8 Å². The summed E-state index contributed by atoms with van der Waals surface area (Å²) in [5.74, 6) is 1.80. The predicted molar refractivity (Wildman–Crippen MR) is 77.9 cm³/mol. The Hall–Kier alpha value is -0.383. The van der Waals surface area contributed by atoms with Gasteiger partial charge in [-0.15, -0.1) is 12.1 Å². The number of hydrogen-bond acceptors (Lipinski definition) is 1. The fourth-order valence-corrected chi connectivity index (χ4v) is 2.15. The van der Waals surface area contributed by atoms with E-state index in [-0.39, 0.29) is 18.9 Å². The average Bonchev–Trinajstić information content (AvgIpc) is 2.41. The van der Waals surface area contributed by atoms with Crippen molar-refractivity contribution in [3.8, 4) is 5.75 Å². The summed E-state index contributed by atoms with van der Waals surface area (Å²) < 4.78 is 5.68. The molecule has 0 bridgehead atoms. The molecule has 0 aliphatic rings. The first-order chi connectivity index (χ1) is 8.83. The third-order valence-electron chi connectivity index (χ3n) is 3.35. The molecule has 0 fully saturated rings. The molecule has 2 heteroatoms. The number of ether oxygens (including phenoxy) is 1. The van der Waals surface area contributed by atoms with Gasteiger partial charge in [0.25, 0.3) is 0 Å². The van der Waals surface area contributed by atoms with Crippen LogP contribution < -0.4 is 23.6 Å². The first kappa shape index (κ1) is 18.6. The Bertz CT molecular complexity index is 287. The summed E-state index contributed by atoms with van der Waals surface area (Å²) in [6, 6.07) is 10.7. The van der Waals surface area contributed by atoms with Crippen LogP contribution in [0.4, 0.5) is 0 Å². The van der Waals surface area contributed by atoms with Gasteiger partial charge in [0, 0.05) is 5.75 Å². The maximum atomic E-state index is 5.68. The fourth-order valence-electron chi connectivity index (χ4n) is 2.15. The summed E-state index contributed by atoms with van der Waals surface area (Å²) in [7, 11) is 0. The van der Waals surface area contributed by atoms with Crippen LogP contribution in [0.3, 0.4) is 0 Å². The Balaban J connectivity index is 0.00000324. The monoisotopic (exact) mass is 254 g/mol. The van der Waals surface area contributed by atoms with E-state index in [0.29, 0.717) is 0 Å². The second-order valence-corrected chi connectivity index (χ2v) is 5.18. The van der Waals surface area contributed by atoms with Gasteiger partial charge in [0.05, 0.1) is 6.61 Å². The van der Waals surface area contributed by atoms with Crippen LogP contribution in [0, 0.1) is 12.0 Å². The number of benzene rings is 1. The second kappa shape index (κ2) is 12.6. The molecule has 1 rings (SSSR count). The van der Waals surface area contributed by atoms with Gasteiger partial charge in [-0.25, -0.2) is 0 Å². The van der Waals surface area contributed by atoms with Crippen LogP contribution in [-0.2, 0) is 0 Å². The quantitative estimate of drug-likeness (QED) is 0.353. The van der Waals surface area contributed by atoms with Crippen LogP contribution in [0.5, 0.6) is 5.75 Å². The van der Waals surface area contributed by atoms with Crippen molar-refractivity contribution in [3.05, 3.63) is 30.3 Å². The van der Waals surface area contributed by atoms with Gasteiger partial charge in [-0.3, -0.25) is 0 Å². The molecule has 0 aromatic heterocycles. The molecule has 0 spiro atoms. The summed E-state index contributed by atoms with van der Waals surface area (Å²) in [6.45, 7) is 5.47. The van der Waals surface area contributed by atoms with Gasteiger partial charge in [0.2, 0.25) is 0 Å². The average molecular weight is 254 g/mol. The Labute approximate surface area is 131 Å². The Morgan fingerprint density at radius 1 is 1.05 bits per heavy atom. The van der Waals surface area contributed by atoms with Crippen molar-refractivity contribution in [1.82, 2.24) is 0 Å². The Morgan fingerprint density at radius 3 is 2.42 bits per heavy atom. The van der Waals surface area contributed by atoms with E-state index >= 15 is 0 Å². The topological polar surface area (TPSA) is 9.23 Å². The van der Waals surface area contributed by atoms with Gasteiger partial charge in [0.1, 0.15) is 0 Å². The summed E-state index contributed by atoms with van der Waals surface area (Å²) in [5, 5.41) is 0. The molecular weight excluding hydrogens is 227 g/mol. The number of rotatable bonds is 10. The molecular formula is C17H27LiO. The molecule has 0 aliphatic heterocycles. The van der Waals surface area contributed by atoms with E-state index in [1.807, 2.05) is 24.3 Å². The van der Waals surface area contributed by atoms with Crippen molar-refractivity contribution in [3.63, 3.8) is 0 Å². The van der Waals surface area contributed by atoms with Crippen molar-refractivity contribution in [2.45, 2.75) is 58.8 Å². The smallest absolute Gasteiger partial charge is 0.519 e. The van der Waals surface area contributed by atoms with Gasteiger partial charge < -0.3 is 4.74 Å². The maximum absolute atomic E-state index is 5.68. The normalized spacial score (nSPS) is 11.7. The van der Waals surface area contributed by atoms with Gasteiger partial charge in [-0.05, 0) is 18.8 Å². The van der Waals surface area contributed by atoms with Gasteiger partial charge in [-0.1, -0.05) is 46.0 Å². The second-order valence-electron chi connectivity index (χ2n) is 5.18. The number of hydrogen-bond donors (Lipinski definition) is 0. The minimum atomic E-state index is 0. The minimum Gasteiger partial charge on any atom is -0.519 e. The van der Waals surface area contributed by atoms with Crippen LogP contribution in [0.25, 0.3) is 0 Å². The summed E-state index contributed by atoms with van der Waals surface area (Å²) in [5.41, 5.74) is 0.